The Morgan fingerprint density at radius 1 is 0.870 bits per heavy atom. The largest absolute Gasteiger partial charge is 0.467 e. The van der Waals surface area contributed by atoms with Crippen LogP contribution in [0.4, 0.5) is 0 Å². The highest BCUT2D eigenvalue weighted by Gasteiger charge is 2.34. The number of nitrogens with zero attached hydrogens (tertiary/aromatic N) is 6. The van der Waals surface area contributed by atoms with Crippen molar-refractivity contribution < 1.29 is 14.3 Å². The lowest BCUT2D eigenvalue weighted by Gasteiger charge is -2.37. The Kier molecular flexibility index (Phi) is 9.49. The fourth-order valence-corrected chi connectivity index (χ4v) is 5.61. The van der Waals surface area contributed by atoms with E-state index >= 15 is 0 Å². The second kappa shape index (κ2) is 14.4. The van der Waals surface area contributed by atoms with Crippen LogP contribution in [0.15, 0.2) is 116 Å². The number of rotatable bonds is 10. The molecule has 0 radical (unpaired) electrons. The zero-order valence-corrected chi connectivity index (χ0v) is 25.6. The quantitative estimate of drug-likeness (QED) is 0.201. The summed E-state index contributed by atoms with van der Waals surface area (Å²) in [6.45, 7) is 1.33. The Morgan fingerprint density at radius 3 is 2.33 bits per heavy atom. The summed E-state index contributed by atoms with van der Waals surface area (Å²) in [4.78, 5) is 49.0. The number of fused-ring (bicyclic) bond motifs is 1. The molecule has 0 aliphatic carbocycles. The van der Waals surface area contributed by atoms with Gasteiger partial charge >= 0.3 is 6.01 Å². The zero-order chi connectivity index (χ0) is 31.7. The molecule has 0 fully saturated rings. The highest BCUT2D eigenvalue weighted by Crippen LogP contribution is 2.24. The normalized spacial score (nSPS) is 13.2. The maximum atomic E-state index is 14.5. The van der Waals surface area contributed by atoms with Crippen molar-refractivity contribution in [1.82, 2.24) is 29.7 Å². The van der Waals surface area contributed by atoms with Gasteiger partial charge in [-0.15, -0.1) is 0 Å². The first-order valence-corrected chi connectivity index (χ1v) is 15.2. The van der Waals surface area contributed by atoms with E-state index in [1.54, 1.807) is 42.0 Å². The van der Waals surface area contributed by atoms with Crippen LogP contribution in [-0.4, -0.2) is 61.2 Å². The third-order valence-corrected chi connectivity index (χ3v) is 8.07. The highest BCUT2D eigenvalue weighted by atomic mass is 16.5. The van der Waals surface area contributed by atoms with E-state index in [0.29, 0.717) is 25.1 Å². The minimum absolute atomic E-state index is 0.0796. The van der Waals surface area contributed by atoms with Crippen LogP contribution >= 0.6 is 0 Å². The molecule has 0 N–H and O–H groups in total. The average molecular weight is 611 g/mol. The Balaban J connectivity index is 1.34. The lowest BCUT2D eigenvalue weighted by Crippen LogP contribution is -2.52. The van der Waals surface area contributed by atoms with Gasteiger partial charge in [-0.05, 0) is 34.8 Å². The molecule has 6 rings (SSSR count). The summed E-state index contributed by atoms with van der Waals surface area (Å²) in [6, 6.07) is 25.4. The molecule has 1 atom stereocenters. The Morgan fingerprint density at radius 2 is 1.61 bits per heavy atom. The lowest BCUT2D eigenvalue weighted by atomic mass is 9.97. The van der Waals surface area contributed by atoms with Crippen molar-refractivity contribution in [2.75, 3.05) is 13.7 Å². The number of carbonyl (C=O) groups is 2. The first-order chi connectivity index (χ1) is 22.6. The van der Waals surface area contributed by atoms with Crippen molar-refractivity contribution >= 4 is 17.9 Å². The van der Waals surface area contributed by atoms with Gasteiger partial charge in [0.05, 0.1) is 19.0 Å². The summed E-state index contributed by atoms with van der Waals surface area (Å²) < 4.78 is 5.06. The predicted molar refractivity (Wildman–Crippen MR) is 175 cm³/mol. The minimum Gasteiger partial charge on any atom is -0.467 e. The van der Waals surface area contributed by atoms with Gasteiger partial charge in [-0.1, -0.05) is 78.9 Å². The van der Waals surface area contributed by atoms with Crippen LogP contribution < -0.4 is 4.74 Å². The highest BCUT2D eigenvalue weighted by molar-refractivity contribution is 5.95. The van der Waals surface area contributed by atoms with Crippen molar-refractivity contribution in [3.05, 3.63) is 144 Å². The van der Waals surface area contributed by atoms with Crippen molar-refractivity contribution in [3.8, 4) is 17.3 Å². The smallest absolute Gasteiger partial charge is 0.316 e. The van der Waals surface area contributed by atoms with E-state index in [-0.39, 0.29) is 24.4 Å². The van der Waals surface area contributed by atoms with E-state index in [9.17, 15) is 9.59 Å². The van der Waals surface area contributed by atoms with Crippen LogP contribution in [0.5, 0.6) is 6.01 Å². The summed E-state index contributed by atoms with van der Waals surface area (Å²) in [6.07, 6.45) is 12.5. The molecule has 230 valence electrons. The van der Waals surface area contributed by atoms with Gasteiger partial charge in [-0.25, -0.2) is 9.97 Å². The van der Waals surface area contributed by atoms with Crippen molar-refractivity contribution in [2.24, 2.45) is 0 Å². The molecule has 0 spiro atoms. The van der Waals surface area contributed by atoms with E-state index in [0.717, 1.165) is 34.4 Å². The predicted octanol–water partition coefficient (Wildman–Crippen LogP) is 5.18. The third-order valence-electron chi connectivity index (χ3n) is 8.07. The molecule has 2 amide bonds. The van der Waals surface area contributed by atoms with Gasteiger partial charge in [0.25, 0.3) is 0 Å². The molecular formula is C37H34N6O3. The SMILES string of the molecule is COc1ncc(/C=C/C(=O)N(Cc2ccc(-c3cnccn3)cc2)[C@@H](Cc2ccccc2)C(=O)N2CCc3ccccc3C2)cn1. The fourth-order valence-electron chi connectivity index (χ4n) is 5.61. The third kappa shape index (κ3) is 7.32. The van der Waals surface area contributed by atoms with E-state index in [1.807, 2.05) is 71.6 Å². The van der Waals surface area contributed by atoms with Gasteiger partial charge in [0, 0.05) is 68.0 Å². The standard InChI is InChI=1S/C37H34N6O3/c1-46-37-40-22-29(23-41-37)13-16-35(44)43(25-28-11-14-31(15-12-28)33-24-38-18-19-39-33)34(21-27-7-3-2-4-8-27)36(45)42-20-17-30-9-5-6-10-32(30)26-42/h2-16,18-19,22-24,34H,17,20-21,25-26H2,1H3/b16-13+/t34-/m0/s1. The molecule has 3 heterocycles. The molecule has 46 heavy (non-hydrogen) atoms. The van der Waals surface area contributed by atoms with Crippen LogP contribution in [0.3, 0.4) is 0 Å². The first-order valence-electron chi connectivity index (χ1n) is 15.2. The molecule has 3 aromatic carbocycles. The maximum absolute atomic E-state index is 14.5. The van der Waals surface area contributed by atoms with Crippen molar-refractivity contribution in [2.45, 2.75) is 32.0 Å². The molecule has 0 unspecified atom stereocenters. The zero-order valence-electron chi connectivity index (χ0n) is 25.6. The van der Waals surface area contributed by atoms with E-state index in [2.05, 4.69) is 32.1 Å². The van der Waals surface area contributed by atoms with Gasteiger partial charge in [0.1, 0.15) is 6.04 Å². The monoisotopic (exact) mass is 610 g/mol. The van der Waals surface area contributed by atoms with Gasteiger partial charge in [0.2, 0.25) is 11.8 Å². The summed E-state index contributed by atoms with van der Waals surface area (Å²) >= 11 is 0. The maximum Gasteiger partial charge on any atom is 0.316 e. The number of carbonyl (C=O) groups excluding carboxylic acids is 2. The molecule has 0 saturated heterocycles. The number of methoxy groups -OCH3 is 1. The Bertz CT molecular complexity index is 1800. The van der Waals surface area contributed by atoms with E-state index in [4.69, 9.17) is 4.74 Å². The number of hydrogen-bond acceptors (Lipinski definition) is 7. The van der Waals surface area contributed by atoms with Crippen LogP contribution in [0.25, 0.3) is 17.3 Å². The van der Waals surface area contributed by atoms with Crippen LogP contribution in [-0.2, 0) is 35.5 Å². The average Bonchev–Trinajstić information content (AvgIpc) is 3.13. The number of benzene rings is 3. The molecule has 9 heteroatoms. The van der Waals surface area contributed by atoms with Crippen LogP contribution in [0, 0.1) is 0 Å². The summed E-state index contributed by atoms with van der Waals surface area (Å²) in [5, 5.41) is 0. The number of ether oxygens (including phenoxy) is 1. The minimum atomic E-state index is -0.739. The lowest BCUT2D eigenvalue weighted by molar-refractivity contribution is -0.144. The van der Waals surface area contributed by atoms with Gasteiger partial charge in [0.15, 0.2) is 0 Å². The van der Waals surface area contributed by atoms with Crippen molar-refractivity contribution in [1.29, 1.82) is 0 Å². The van der Waals surface area contributed by atoms with Crippen LogP contribution in [0.2, 0.25) is 0 Å². The second-order valence-corrected chi connectivity index (χ2v) is 11.1. The Labute approximate surface area is 268 Å². The molecule has 0 saturated carbocycles. The summed E-state index contributed by atoms with van der Waals surface area (Å²) in [7, 11) is 1.50. The molecular weight excluding hydrogens is 576 g/mol. The van der Waals surface area contributed by atoms with Gasteiger partial charge in [-0.2, -0.15) is 0 Å². The van der Waals surface area contributed by atoms with E-state index < -0.39 is 6.04 Å². The second-order valence-electron chi connectivity index (χ2n) is 11.1. The summed E-state index contributed by atoms with van der Waals surface area (Å²) in [5.41, 5.74) is 6.57. The number of hydrogen-bond donors (Lipinski definition) is 0. The summed E-state index contributed by atoms with van der Waals surface area (Å²) in [5.74, 6) is -0.371. The topological polar surface area (TPSA) is 101 Å². The number of amides is 2. The van der Waals surface area contributed by atoms with E-state index in [1.165, 1.54) is 18.7 Å². The van der Waals surface area contributed by atoms with Crippen molar-refractivity contribution in [3.63, 3.8) is 0 Å². The Hall–Kier alpha value is -5.70. The van der Waals surface area contributed by atoms with Gasteiger partial charge in [-0.3, -0.25) is 19.6 Å². The fraction of sp³-hybridized carbons (Fsp3) is 0.189. The molecule has 0 bridgehead atoms. The molecule has 1 aliphatic heterocycles. The van der Waals surface area contributed by atoms with Crippen LogP contribution in [0.1, 0.15) is 27.8 Å². The molecule has 9 nitrogen and oxygen atoms in total. The van der Waals surface area contributed by atoms with Gasteiger partial charge < -0.3 is 14.5 Å². The molecule has 5 aromatic rings. The number of aromatic nitrogens is 4. The molecule has 1 aliphatic rings. The first kappa shape index (κ1) is 30.3. The molecule has 2 aromatic heterocycles.